The molecule has 31 heavy (non-hydrogen) atoms. The van der Waals surface area contributed by atoms with E-state index in [0.717, 1.165) is 17.4 Å². The SMILES string of the molecule is CC(C)(C)c1ccc2c(c1)N(S(C)(=O)=O)C[C@H](C(=O)NCCCc1ccc(F)cc1)O2. The third kappa shape index (κ3) is 5.76. The molecule has 1 aliphatic rings. The Bertz CT molecular complexity index is 1050. The zero-order valence-electron chi connectivity index (χ0n) is 18.3. The van der Waals surface area contributed by atoms with E-state index in [0.29, 0.717) is 30.8 Å². The van der Waals surface area contributed by atoms with Crippen LogP contribution in [0.25, 0.3) is 0 Å². The van der Waals surface area contributed by atoms with Crippen molar-refractivity contribution in [3.05, 3.63) is 59.4 Å². The van der Waals surface area contributed by atoms with Gasteiger partial charge in [-0.1, -0.05) is 39.0 Å². The number of aryl methyl sites for hydroxylation is 1. The molecule has 168 valence electrons. The fraction of sp³-hybridized carbons (Fsp3) is 0.435. The second-order valence-electron chi connectivity index (χ2n) is 8.85. The molecule has 1 amide bonds. The Morgan fingerprint density at radius 1 is 1.19 bits per heavy atom. The van der Waals surface area contributed by atoms with E-state index >= 15 is 0 Å². The Kier molecular flexibility index (Phi) is 6.59. The minimum atomic E-state index is -3.59. The average molecular weight is 449 g/mol. The number of nitrogens with zero attached hydrogens (tertiary/aromatic N) is 1. The van der Waals surface area contributed by atoms with Gasteiger partial charge in [-0.2, -0.15) is 0 Å². The fourth-order valence-corrected chi connectivity index (χ4v) is 4.34. The lowest BCUT2D eigenvalue weighted by Crippen LogP contribution is -2.50. The molecule has 0 unspecified atom stereocenters. The molecule has 3 rings (SSSR count). The maximum Gasteiger partial charge on any atom is 0.263 e. The van der Waals surface area contributed by atoms with Crippen molar-refractivity contribution < 1.29 is 22.3 Å². The predicted octanol–water partition coefficient (Wildman–Crippen LogP) is 3.40. The molecule has 0 saturated heterocycles. The van der Waals surface area contributed by atoms with Crippen molar-refractivity contribution in [3.63, 3.8) is 0 Å². The lowest BCUT2D eigenvalue weighted by molar-refractivity contribution is -0.127. The Labute approximate surface area is 183 Å². The molecule has 1 heterocycles. The van der Waals surface area contributed by atoms with Gasteiger partial charge >= 0.3 is 0 Å². The van der Waals surface area contributed by atoms with Gasteiger partial charge in [0.1, 0.15) is 11.6 Å². The summed E-state index contributed by atoms with van der Waals surface area (Å²) in [6, 6.07) is 11.7. The van der Waals surface area contributed by atoms with Crippen LogP contribution in [0.15, 0.2) is 42.5 Å². The molecular formula is C23H29FN2O4S. The molecule has 8 heteroatoms. The number of anilines is 1. The molecule has 6 nitrogen and oxygen atoms in total. The van der Waals surface area contributed by atoms with Crippen LogP contribution in [0, 0.1) is 5.82 Å². The number of ether oxygens (including phenoxy) is 1. The van der Waals surface area contributed by atoms with E-state index in [1.807, 2.05) is 32.9 Å². The zero-order chi connectivity index (χ0) is 22.8. The molecule has 0 fully saturated rings. The second kappa shape index (κ2) is 8.86. The smallest absolute Gasteiger partial charge is 0.263 e. The quantitative estimate of drug-likeness (QED) is 0.688. The first-order chi connectivity index (χ1) is 14.4. The third-order valence-electron chi connectivity index (χ3n) is 5.24. The number of halogens is 1. The first-order valence-electron chi connectivity index (χ1n) is 10.3. The van der Waals surface area contributed by atoms with E-state index < -0.39 is 16.1 Å². The molecule has 1 aliphatic heterocycles. The van der Waals surface area contributed by atoms with Crippen molar-refractivity contribution in [3.8, 4) is 5.75 Å². The highest BCUT2D eigenvalue weighted by atomic mass is 32.2. The van der Waals surface area contributed by atoms with Crippen LogP contribution in [0.1, 0.15) is 38.3 Å². The highest BCUT2D eigenvalue weighted by Gasteiger charge is 2.35. The molecule has 0 bridgehead atoms. The molecule has 0 saturated carbocycles. The monoisotopic (exact) mass is 448 g/mol. The standard InChI is InChI=1S/C23H29FN2O4S/c1-23(2,3)17-9-12-20-19(14-17)26(31(4,28)29)15-21(30-20)22(27)25-13-5-6-16-7-10-18(24)11-8-16/h7-12,14,21H,5-6,13,15H2,1-4H3,(H,25,27)/t21-/m1/s1. The van der Waals surface area contributed by atoms with Gasteiger partial charge in [0.2, 0.25) is 10.0 Å². The molecule has 1 atom stereocenters. The number of amides is 1. The van der Waals surface area contributed by atoms with Crippen LogP contribution >= 0.6 is 0 Å². The van der Waals surface area contributed by atoms with Gasteiger partial charge in [-0.15, -0.1) is 0 Å². The van der Waals surface area contributed by atoms with Crippen molar-refractivity contribution in [2.45, 2.75) is 45.1 Å². The first-order valence-corrected chi connectivity index (χ1v) is 12.1. The highest BCUT2D eigenvalue weighted by molar-refractivity contribution is 7.92. The number of carbonyl (C=O) groups excluding carboxylic acids is 1. The van der Waals surface area contributed by atoms with E-state index in [1.165, 1.54) is 16.4 Å². The van der Waals surface area contributed by atoms with Crippen LogP contribution < -0.4 is 14.4 Å². The van der Waals surface area contributed by atoms with E-state index in [4.69, 9.17) is 4.74 Å². The van der Waals surface area contributed by atoms with E-state index in [-0.39, 0.29) is 23.7 Å². The Balaban J connectivity index is 1.67. The minimum absolute atomic E-state index is 0.0801. The maximum absolute atomic E-state index is 13.0. The summed E-state index contributed by atoms with van der Waals surface area (Å²) in [5.41, 5.74) is 2.26. The highest BCUT2D eigenvalue weighted by Crippen LogP contribution is 2.38. The van der Waals surface area contributed by atoms with Gasteiger partial charge in [-0.25, -0.2) is 12.8 Å². The summed E-state index contributed by atoms with van der Waals surface area (Å²) in [6.45, 7) is 6.47. The van der Waals surface area contributed by atoms with Gasteiger partial charge in [0.15, 0.2) is 6.10 Å². The van der Waals surface area contributed by atoms with Crippen LogP contribution in [0.4, 0.5) is 10.1 Å². The van der Waals surface area contributed by atoms with Crippen LogP contribution in [0.5, 0.6) is 5.75 Å². The molecule has 0 spiro atoms. The van der Waals surface area contributed by atoms with Crippen molar-refractivity contribution >= 4 is 21.6 Å². The Hall–Kier alpha value is -2.61. The molecule has 1 N–H and O–H groups in total. The van der Waals surface area contributed by atoms with Crippen LogP contribution in [-0.4, -0.2) is 39.8 Å². The van der Waals surface area contributed by atoms with Gasteiger partial charge in [0, 0.05) is 6.54 Å². The number of carbonyl (C=O) groups is 1. The summed E-state index contributed by atoms with van der Waals surface area (Å²) < 4.78 is 44.9. The van der Waals surface area contributed by atoms with Crippen molar-refractivity contribution in [2.24, 2.45) is 0 Å². The maximum atomic E-state index is 13.0. The minimum Gasteiger partial charge on any atom is -0.476 e. The molecule has 2 aromatic rings. The Morgan fingerprint density at radius 2 is 1.87 bits per heavy atom. The number of benzene rings is 2. The van der Waals surface area contributed by atoms with Crippen LogP contribution in [0.3, 0.4) is 0 Å². The molecular weight excluding hydrogens is 419 g/mol. The normalized spacial score (nSPS) is 16.4. The van der Waals surface area contributed by atoms with Crippen molar-refractivity contribution in [1.29, 1.82) is 0 Å². The lowest BCUT2D eigenvalue weighted by Gasteiger charge is -2.35. The molecule has 2 aromatic carbocycles. The summed E-state index contributed by atoms with van der Waals surface area (Å²) in [7, 11) is -3.59. The summed E-state index contributed by atoms with van der Waals surface area (Å²) in [4.78, 5) is 12.7. The van der Waals surface area contributed by atoms with Gasteiger partial charge < -0.3 is 10.1 Å². The van der Waals surface area contributed by atoms with E-state index in [9.17, 15) is 17.6 Å². The number of nitrogens with one attached hydrogen (secondary N) is 1. The number of hydrogen-bond donors (Lipinski definition) is 1. The van der Waals surface area contributed by atoms with Crippen molar-refractivity contribution in [2.75, 3.05) is 23.7 Å². The van der Waals surface area contributed by atoms with E-state index in [2.05, 4.69) is 5.32 Å². The predicted molar refractivity (Wildman–Crippen MR) is 119 cm³/mol. The number of rotatable bonds is 6. The van der Waals surface area contributed by atoms with Gasteiger partial charge in [0.05, 0.1) is 18.5 Å². The average Bonchev–Trinajstić information content (AvgIpc) is 2.69. The first kappa shape index (κ1) is 23.1. The molecule has 0 aromatic heterocycles. The van der Waals surface area contributed by atoms with Gasteiger partial charge in [-0.3, -0.25) is 9.10 Å². The molecule has 0 radical (unpaired) electrons. The van der Waals surface area contributed by atoms with E-state index in [1.54, 1.807) is 18.2 Å². The summed E-state index contributed by atoms with van der Waals surface area (Å²) in [6.07, 6.45) is 1.56. The van der Waals surface area contributed by atoms with Gasteiger partial charge in [0.25, 0.3) is 5.91 Å². The number of hydrogen-bond acceptors (Lipinski definition) is 4. The van der Waals surface area contributed by atoms with Crippen LogP contribution in [-0.2, 0) is 26.7 Å². The lowest BCUT2D eigenvalue weighted by atomic mass is 9.86. The third-order valence-corrected chi connectivity index (χ3v) is 6.39. The molecule has 0 aliphatic carbocycles. The largest absolute Gasteiger partial charge is 0.476 e. The topological polar surface area (TPSA) is 75.7 Å². The zero-order valence-corrected chi connectivity index (χ0v) is 19.1. The number of fused-ring (bicyclic) bond motifs is 1. The summed E-state index contributed by atoms with van der Waals surface area (Å²) in [5.74, 6) is -0.272. The summed E-state index contributed by atoms with van der Waals surface area (Å²) >= 11 is 0. The Morgan fingerprint density at radius 3 is 2.48 bits per heavy atom. The van der Waals surface area contributed by atoms with Crippen molar-refractivity contribution in [1.82, 2.24) is 5.32 Å². The number of sulfonamides is 1. The van der Waals surface area contributed by atoms with Gasteiger partial charge in [-0.05, 0) is 53.6 Å². The fourth-order valence-electron chi connectivity index (χ4n) is 3.44. The summed E-state index contributed by atoms with van der Waals surface area (Å²) in [5, 5.41) is 2.81. The second-order valence-corrected chi connectivity index (χ2v) is 10.8. The van der Waals surface area contributed by atoms with Crippen LogP contribution in [0.2, 0.25) is 0 Å².